The minimum atomic E-state index is -4.91. The summed E-state index contributed by atoms with van der Waals surface area (Å²) in [5.74, 6) is 0. The fourth-order valence-corrected chi connectivity index (χ4v) is 2.61. The molecule has 0 aliphatic heterocycles. The Morgan fingerprint density at radius 2 is 2.00 bits per heavy atom. The maximum absolute atomic E-state index is 12.1. The number of aliphatic hydroxyl groups excluding tert-OH is 1. The number of benzene rings is 1. The third-order valence-corrected chi connectivity index (χ3v) is 4.31. The molecule has 0 fully saturated rings. The van der Waals surface area contributed by atoms with Crippen molar-refractivity contribution in [3.63, 3.8) is 0 Å². The molecule has 0 saturated heterocycles. The Morgan fingerprint density at radius 1 is 1.45 bits per heavy atom. The second-order valence-corrected chi connectivity index (χ2v) is 6.20. The summed E-state index contributed by atoms with van der Waals surface area (Å²) < 4.78 is 61.4. The number of halogens is 4. The van der Waals surface area contributed by atoms with E-state index in [0.717, 1.165) is 12.1 Å². The van der Waals surface area contributed by atoms with Gasteiger partial charge < -0.3 is 10.8 Å². The fraction of sp³-hybridized carbons (Fsp3) is 0.400. The molecule has 10 heteroatoms. The van der Waals surface area contributed by atoms with E-state index in [9.17, 15) is 21.6 Å². The zero-order chi connectivity index (χ0) is 15.7. The van der Waals surface area contributed by atoms with Crippen molar-refractivity contribution in [2.75, 3.05) is 12.3 Å². The van der Waals surface area contributed by atoms with Crippen molar-refractivity contribution in [3.05, 3.63) is 22.7 Å². The summed E-state index contributed by atoms with van der Waals surface area (Å²) in [6.45, 7) is 0.367. The van der Waals surface area contributed by atoms with Gasteiger partial charge in [-0.05, 0) is 24.6 Å². The molecule has 0 spiro atoms. The van der Waals surface area contributed by atoms with Crippen molar-refractivity contribution < 1.29 is 26.7 Å². The quantitative estimate of drug-likeness (QED) is 0.727. The Kier molecular flexibility index (Phi) is 4.90. The lowest BCUT2D eigenvalue weighted by molar-refractivity contribution is -0.200. The van der Waals surface area contributed by atoms with Gasteiger partial charge in [-0.15, -0.1) is 0 Å². The van der Waals surface area contributed by atoms with Gasteiger partial charge in [0.2, 0.25) is 10.0 Å². The Labute approximate surface area is 118 Å². The zero-order valence-corrected chi connectivity index (χ0v) is 11.8. The Morgan fingerprint density at radius 3 is 2.45 bits per heavy atom. The molecule has 5 nitrogen and oxygen atoms in total. The van der Waals surface area contributed by atoms with Crippen molar-refractivity contribution in [3.8, 4) is 0 Å². The predicted molar refractivity (Wildman–Crippen MR) is 67.9 cm³/mol. The molecule has 0 amide bonds. The highest BCUT2D eigenvalue weighted by Gasteiger charge is 2.38. The number of hydrogen-bond donors (Lipinski definition) is 3. The van der Waals surface area contributed by atoms with Gasteiger partial charge in [0.05, 0.1) is 4.90 Å². The maximum atomic E-state index is 12.1. The average molecular weight is 333 g/mol. The number of aliphatic hydroxyl groups is 1. The summed E-state index contributed by atoms with van der Waals surface area (Å²) in [4.78, 5) is -0.375. The van der Waals surface area contributed by atoms with Crippen LogP contribution in [-0.2, 0) is 10.0 Å². The van der Waals surface area contributed by atoms with E-state index >= 15 is 0 Å². The van der Waals surface area contributed by atoms with Crippen LogP contribution in [0.1, 0.15) is 5.56 Å². The average Bonchev–Trinajstić information content (AvgIpc) is 2.31. The van der Waals surface area contributed by atoms with E-state index in [1.807, 2.05) is 0 Å². The number of hydrogen-bond acceptors (Lipinski definition) is 4. The van der Waals surface area contributed by atoms with Gasteiger partial charge in [-0.3, -0.25) is 0 Å². The molecule has 4 N–H and O–H groups in total. The molecule has 0 aliphatic carbocycles. The highest BCUT2D eigenvalue weighted by atomic mass is 35.5. The largest absolute Gasteiger partial charge is 0.415 e. The summed E-state index contributed by atoms with van der Waals surface area (Å²) in [5.41, 5.74) is 6.09. The lowest BCUT2D eigenvalue weighted by atomic mass is 10.2. The van der Waals surface area contributed by atoms with Gasteiger partial charge in [0.15, 0.2) is 6.10 Å². The number of anilines is 1. The van der Waals surface area contributed by atoms with Crippen molar-refractivity contribution in [2.45, 2.75) is 24.1 Å². The molecular formula is C10H12ClF3N2O3S. The molecule has 1 aromatic rings. The first-order valence-corrected chi connectivity index (χ1v) is 7.11. The van der Waals surface area contributed by atoms with Crippen molar-refractivity contribution in [2.24, 2.45) is 0 Å². The molecule has 20 heavy (non-hydrogen) atoms. The molecule has 1 aromatic carbocycles. The zero-order valence-electron chi connectivity index (χ0n) is 10.2. The molecule has 0 bridgehead atoms. The number of nitrogen functional groups attached to an aromatic ring is 1. The lowest BCUT2D eigenvalue weighted by Gasteiger charge is -2.15. The van der Waals surface area contributed by atoms with Crippen molar-refractivity contribution >= 4 is 27.3 Å². The molecule has 0 heterocycles. The molecule has 0 aromatic heterocycles. The van der Waals surface area contributed by atoms with Crippen LogP contribution in [0.4, 0.5) is 18.9 Å². The van der Waals surface area contributed by atoms with E-state index in [2.05, 4.69) is 0 Å². The number of nitrogens with two attached hydrogens (primary N) is 1. The van der Waals surface area contributed by atoms with Gasteiger partial charge in [-0.2, -0.15) is 13.2 Å². The van der Waals surface area contributed by atoms with Crippen LogP contribution in [0.25, 0.3) is 0 Å². The smallest absolute Gasteiger partial charge is 0.398 e. The van der Waals surface area contributed by atoms with E-state index in [-0.39, 0.29) is 15.6 Å². The van der Waals surface area contributed by atoms with E-state index in [1.165, 1.54) is 0 Å². The summed E-state index contributed by atoms with van der Waals surface area (Å²) in [6, 6.07) is 2.14. The molecule has 114 valence electrons. The molecule has 1 rings (SSSR count). The summed E-state index contributed by atoms with van der Waals surface area (Å²) in [7, 11) is -4.25. The SMILES string of the molecule is Cc1c(N)cc(S(=O)(=O)NCC(O)C(F)(F)F)cc1Cl. The van der Waals surface area contributed by atoms with Gasteiger partial charge in [0.1, 0.15) is 0 Å². The van der Waals surface area contributed by atoms with Crippen LogP contribution in [0.15, 0.2) is 17.0 Å². The maximum Gasteiger partial charge on any atom is 0.415 e. The summed E-state index contributed by atoms with van der Waals surface area (Å²) in [6.07, 6.45) is -7.71. The van der Waals surface area contributed by atoms with Crippen LogP contribution in [-0.4, -0.2) is 32.3 Å². The van der Waals surface area contributed by atoms with Crippen LogP contribution in [0.2, 0.25) is 5.02 Å². The van der Waals surface area contributed by atoms with E-state index in [4.69, 9.17) is 22.4 Å². The minimum absolute atomic E-state index is 0.0711. The molecule has 0 radical (unpaired) electrons. The second kappa shape index (κ2) is 5.76. The highest BCUT2D eigenvalue weighted by molar-refractivity contribution is 7.89. The lowest BCUT2D eigenvalue weighted by Crippen LogP contribution is -2.40. The first-order valence-electron chi connectivity index (χ1n) is 5.25. The van der Waals surface area contributed by atoms with Crippen molar-refractivity contribution in [1.29, 1.82) is 0 Å². The number of sulfonamides is 1. The van der Waals surface area contributed by atoms with Gasteiger partial charge >= 0.3 is 6.18 Å². The van der Waals surface area contributed by atoms with E-state index in [1.54, 1.807) is 11.6 Å². The van der Waals surface area contributed by atoms with Crippen LogP contribution in [0.3, 0.4) is 0 Å². The predicted octanol–water partition coefficient (Wildman–Crippen LogP) is 1.43. The number of nitrogens with one attached hydrogen (secondary N) is 1. The van der Waals surface area contributed by atoms with Crippen molar-refractivity contribution in [1.82, 2.24) is 4.72 Å². The summed E-state index contributed by atoms with van der Waals surface area (Å²) in [5, 5.41) is 8.82. The molecule has 0 saturated carbocycles. The third-order valence-electron chi connectivity index (χ3n) is 2.51. The van der Waals surface area contributed by atoms with Crippen LogP contribution < -0.4 is 10.5 Å². The second-order valence-electron chi connectivity index (χ2n) is 4.03. The first kappa shape index (κ1) is 17.0. The number of alkyl halides is 3. The van der Waals surface area contributed by atoms with Gasteiger partial charge in [0, 0.05) is 17.3 Å². The topological polar surface area (TPSA) is 92.4 Å². The Balaban J connectivity index is 2.96. The highest BCUT2D eigenvalue weighted by Crippen LogP contribution is 2.26. The number of rotatable bonds is 4. The van der Waals surface area contributed by atoms with E-state index < -0.39 is 28.8 Å². The van der Waals surface area contributed by atoms with Gasteiger partial charge in [-0.1, -0.05) is 11.6 Å². The molecule has 0 aliphatic rings. The van der Waals surface area contributed by atoms with E-state index in [0.29, 0.717) is 5.56 Å². The standard InChI is InChI=1S/C10H12ClF3N2O3S/c1-5-7(11)2-6(3-8(5)15)20(18,19)16-4-9(17)10(12,13)14/h2-3,9,16-17H,4,15H2,1H3. The van der Waals surface area contributed by atoms with Crippen LogP contribution in [0.5, 0.6) is 0 Å². The third kappa shape index (κ3) is 3.98. The Bertz CT molecular complexity index is 581. The first-order chi connectivity index (χ1) is 8.95. The fourth-order valence-electron chi connectivity index (χ4n) is 1.22. The molecular weight excluding hydrogens is 321 g/mol. The minimum Gasteiger partial charge on any atom is -0.398 e. The van der Waals surface area contributed by atoms with Gasteiger partial charge in [0.25, 0.3) is 0 Å². The molecule has 1 atom stereocenters. The monoisotopic (exact) mass is 332 g/mol. The Hall–Kier alpha value is -1.03. The molecule has 1 unspecified atom stereocenters. The van der Waals surface area contributed by atoms with Crippen LogP contribution in [0, 0.1) is 6.92 Å². The normalized spacial score (nSPS) is 14.3. The van der Waals surface area contributed by atoms with Gasteiger partial charge in [-0.25, -0.2) is 13.1 Å². The summed E-state index contributed by atoms with van der Waals surface area (Å²) >= 11 is 5.76. The van der Waals surface area contributed by atoms with Crippen LogP contribution >= 0.6 is 11.6 Å².